The summed E-state index contributed by atoms with van der Waals surface area (Å²) in [7, 11) is 1.52. The first kappa shape index (κ1) is 19.7. The second-order valence-electron chi connectivity index (χ2n) is 6.85. The summed E-state index contributed by atoms with van der Waals surface area (Å²) in [4.78, 5) is 29.4. The van der Waals surface area contributed by atoms with Crippen LogP contribution in [0.4, 0.5) is 13.2 Å². The number of halogens is 4. The van der Waals surface area contributed by atoms with Crippen molar-refractivity contribution in [1.82, 2.24) is 15.2 Å². The molecule has 150 valence electrons. The fourth-order valence-electron chi connectivity index (χ4n) is 3.68. The van der Waals surface area contributed by atoms with Crippen molar-refractivity contribution in [3.8, 4) is 0 Å². The number of pyridine rings is 1. The minimum Gasteiger partial charge on any atom is -0.333 e. The number of carbonyl (C=O) groups excluding carboxylic acids is 1. The van der Waals surface area contributed by atoms with E-state index in [0.29, 0.717) is 29.7 Å². The molecule has 0 saturated heterocycles. The molecule has 1 amide bonds. The molecule has 1 unspecified atom stereocenters. The Morgan fingerprint density at radius 2 is 1.83 bits per heavy atom. The van der Waals surface area contributed by atoms with Crippen molar-refractivity contribution in [2.45, 2.75) is 12.6 Å². The molecule has 9 heteroatoms. The summed E-state index contributed by atoms with van der Waals surface area (Å²) in [6.45, 7) is 0.729. The monoisotopic (exact) mass is 465 g/mol. The third-order valence-corrected chi connectivity index (χ3v) is 5.85. The van der Waals surface area contributed by atoms with Crippen LogP contribution < -0.4 is 10.9 Å². The number of carbonyl (C=O) groups is 1. The van der Waals surface area contributed by atoms with Crippen molar-refractivity contribution in [2.75, 3.05) is 13.6 Å². The van der Waals surface area contributed by atoms with E-state index in [1.807, 2.05) is 0 Å². The average molecular weight is 466 g/mol. The molecule has 4 rings (SSSR count). The molecular formula is C20H15BrF3N3O2. The van der Waals surface area contributed by atoms with Crippen LogP contribution in [0.25, 0.3) is 10.8 Å². The fourth-order valence-corrected chi connectivity index (χ4v) is 3.91. The van der Waals surface area contributed by atoms with Crippen molar-refractivity contribution < 1.29 is 18.0 Å². The highest BCUT2D eigenvalue weighted by atomic mass is 79.9. The summed E-state index contributed by atoms with van der Waals surface area (Å²) >= 11 is 2.79. The van der Waals surface area contributed by atoms with Crippen molar-refractivity contribution in [1.29, 1.82) is 0 Å². The van der Waals surface area contributed by atoms with Gasteiger partial charge in [0.05, 0.1) is 15.9 Å². The van der Waals surface area contributed by atoms with Gasteiger partial charge in [-0.1, -0.05) is 6.07 Å². The molecule has 1 atom stereocenters. The number of aromatic amines is 1. The molecular weight excluding hydrogens is 451 g/mol. The molecule has 2 N–H and O–H groups in total. The number of rotatable bonds is 2. The first-order valence-electron chi connectivity index (χ1n) is 8.74. The fraction of sp³-hybridized carbons (Fsp3) is 0.200. The SMILES string of the molecule is CN(C(=O)c1cc(F)c(Br)c(F)c1)C1CNCc2[nH]c(=O)c3cc(F)ccc3c21. The maximum Gasteiger partial charge on any atom is 0.256 e. The van der Waals surface area contributed by atoms with Crippen molar-refractivity contribution in [3.05, 3.63) is 79.4 Å². The summed E-state index contributed by atoms with van der Waals surface area (Å²) in [6, 6.07) is 5.30. The van der Waals surface area contributed by atoms with Gasteiger partial charge in [-0.3, -0.25) is 9.59 Å². The van der Waals surface area contributed by atoms with Gasteiger partial charge in [-0.05, 0) is 45.6 Å². The molecule has 0 radical (unpaired) electrons. The van der Waals surface area contributed by atoms with Crippen LogP contribution in [0.5, 0.6) is 0 Å². The predicted molar refractivity (Wildman–Crippen MR) is 105 cm³/mol. The zero-order valence-corrected chi connectivity index (χ0v) is 16.7. The van der Waals surface area contributed by atoms with Crippen LogP contribution in [0.2, 0.25) is 0 Å². The van der Waals surface area contributed by atoms with Crippen LogP contribution in [-0.2, 0) is 6.54 Å². The van der Waals surface area contributed by atoms with Gasteiger partial charge in [-0.2, -0.15) is 0 Å². The zero-order valence-electron chi connectivity index (χ0n) is 15.2. The lowest BCUT2D eigenvalue weighted by Crippen LogP contribution is -2.42. The van der Waals surface area contributed by atoms with Gasteiger partial charge in [0.1, 0.15) is 17.5 Å². The lowest BCUT2D eigenvalue weighted by atomic mass is 9.93. The largest absolute Gasteiger partial charge is 0.333 e. The second-order valence-corrected chi connectivity index (χ2v) is 7.65. The molecule has 1 aliphatic rings. The van der Waals surface area contributed by atoms with Crippen LogP contribution in [-0.4, -0.2) is 29.4 Å². The molecule has 2 aromatic carbocycles. The number of nitrogens with one attached hydrogen (secondary N) is 2. The number of fused-ring (bicyclic) bond motifs is 3. The Morgan fingerprint density at radius 1 is 1.14 bits per heavy atom. The molecule has 1 aliphatic heterocycles. The summed E-state index contributed by atoms with van der Waals surface area (Å²) in [5.74, 6) is -2.89. The Bertz CT molecular complexity index is 1190. The Hall–Kier alpha value is -2.65. The normalized spacial score (nSPS) is 16.0. The molecule has 0 aliphatic carbocycles. The number of aromatic nitrogens is 1. The van der Waals surface area contributed by atoms with Gasteiger partial charge in [0.15, 0.2) is 0 Å². The van der Waals surface area contributed by atoms with Crippen molar-refractivity contribution >= 4 is 32.6 Å². The minimum absolute atomic E-state index is 0.141. The molecule has 0 saturated carbocycles. The Labute approximate surface area is 171 Å². The molecule has 3 aromatic rings. The maximum atomic E-state index is 13.9. The molecule has 2 heterocycles. The quantitative estimate of drug-likeness (QED) is 0.568. The summed E-state index contributed by atoms with van der Waals surface area (Å²) in [5, 5.41) is 3.83. The third-order valence-electron chi connectivity index (χ3n) is 5.10. The van der Waals surface area contributed by atoms with Gasteiger partial charge >= 0.3 is 0 Å². The minimum atomic E-state index is -0.880. The lowest BCUT2D eigenvalue weighted by Gasteiger charge is -2.34. The van der Waals surface area contributed by atoms with Crippen molar-refractivity contribution in [3.63, 3.8) is 0 Å². The number of H-pyrrole nitrogens is 1. The van der Waals surface area contributed by atoms with Gasteiger partial charge < -0.3 is 15.2 Å². The highest BCUT2D eigenvalue weighted by Crippen LogP contribution is 2.32. The predicted octanol–water partition coefficient (Wildman–Crippen LogP) is 3.62. The molecule has 0 fully saturated rings. The van der Waals surface area contributed by atoms with E-state index in [0.717, 1.165) is 18.2 Å². The Balaban J connectivity index is 1.82. The van der Waals surface area contributed by atoms with E-state index in [1.165, 1.54) is 24.1 Å². The maximum absolute atomic E-state index is 13.9. The van der Waals surface area contributed by atoms with Crippen LogP contribution in [0.1, 0.15) is 27.7 Å². The number of benzene rings is 2. The van der Waals surface area contributed by atoms with Gasteiger partial charge in [0, 0.05) is 37.0 Å². The van der Waals surface area contributed by atoms with Gasteiger partial charge in [0.25, 0.3) is 11.5 Å². The van der Waals surface area contributed by atoms with Crippen LogP contribution in [0, 0.1) is 17.5 Å². The summed E-state index contributed by atoms with van der Waals surface area (Å²) in [6.07, 6.45) is 0. The first-order valence-corrected chi connectivity index (χ1v) is 9.54. The summed E-state index contributed by atoms with van der Waals surface area (Å²) < 4.78 is 41.1. The standard InChI is InChI=1S/C20H15BrF3N3O2/c1-27(20(29)9-4-13(23)18(21)14(24)5-9)16-8-25-7-15-17(16)11-3-2-10(22)6-12(11)19(28)26-15/h2-6,16,25H,7-8H2,1H3,(H,26,28). The van der Waals surface area contributed by atoms with E-state index >= 15 is 0 Å². The van der Waals surface area contributed by atoms with E-state index in [2.05, 4.69) is 26.2 Å². The molecule has 0 bridgehead atoms. The number of amides is 1. The third kappa shape index (κ3) is 3.34. The summed E-state index contributed by atoms with van der Waals surface area (Å²) in [5.41, 5.74) is 0.690. The number of nitrogens with zero attached hydrogens (tertiary/aromatic N) is 1. The smallest absolute Gasteiger partial charge is 0.256 e. The Morgan fingerprint density at radius 3 is 2.52 bits per heavy atom. The average Bonchev–Trinajstić information content (AvgIpc) is 2.70. The zero-order chi connectivity index (χ0) is 20.9. The van der Waals surface area contributed by atoms with E-state index in [-0.39, 0.29) is 15.4 Å². The first-order chi connectivity index (χ1) is 13.8. The number of likely N-dealkylation sites (N-methyl/N-ethyl adjacent to an activating group) is 1. The topological polar surface area (TPSA) is 65.2 Å². The van der Waals surface area contributed by atoms with E-state index in [4.69, 9.17) is 0 Å². The highest BCUT2D eigenvalue weighted by molar-refractivity contribution is 9.10. The Kier molecular flexibility index (Phi) is 4.95. The molecule has 0 spiro atoms. The number of hydrogen-bond acceptors (Lipinski definition) is 3. The van der Waals surface area contributed by atoms with E-state index in [1.54, 1.807) is 0 Å². The molecule has 29 heavy (non-hydrogen) atoms. The van der Waals surface area contributed by atoms with Gasteiger partial charge in [0.2, 0.25) is 0 Å². The van der Waals surface area contributed by atoms with Crippen LogP contribution in [0.3, 0.4) is 0 Å². The van der Waals surface area contributed by atoms with Gasteiger partial charge in [-0.25, -0.2) is 13.2 Å². The lowest BCUT2D eigenvalue weighted by molar-refractivity contribution is 0.0722. The second kappa shape index (κ2) is 7.31. The molecule has 5 nitrogen and oxygen atoms in total. The molecule has 1 aromatic heterocycles. The van der Waals surface area contributed by atoms with Gasteiger partial charge in [-0.15, -0.1) is 0 Å². The number of hydrogen-bond donors (Lipinski definition) is 2. The van der Waals surface area contributed by atoms with Crippen LogP contribution in [0.15, 0.2) is 39.6 Å². The van der Waals surface area contributed by atoms with Crippen LogP contribution >= 0.6 is 15.9 Å². The van der Waals surface area contributed by atoms with E-state index < -0.39 is 35.0 Å². The van der Waals surface area contributed by atoms with E-state index in [9.17, 15) is 22.8 Å². The van der Waals surface area contributed by atoms with Crippen molar-refractivity contribution in [2.24, 2.45) is 0 Å². The highest BCUT2D eigenvalue weighted by Gasteiger charge is 2.30.